The minimum absolute atomic E-state index is 0.188. The average molecular weight is 249 g/mol. The van der Waals surface area contributed by atoms with Crippen LogP contribution in [-0.4, -0.2) is 21.9 Å². The molecule has 1 aliphatic carbocycles. The molecule has 0 spiro atoms. The van der Waals surface area contributed by atoms with E-state index in [1.165, 1.54) is 25.2 Å². The van der Waals surface area contributed by atoms with Crippen molar-refractivity contribution >= 4 is 11.7 Å². The van der Waals surface area contributed by atoms with Gasteiger partial charge in [0.05, 0.1) is 12.4 Å². The first-order valence-corrected chi connectivity index (χ1v) is 6.32. The summed E-state index contributed by atoms with van der Waals surface area (Å²) in [4.78, 5) is 20.0. The summed E-state index contributed by atoms with van der Waals surface area (Å²) < 4.78 is 0. The number of rotatable bonds is 6. The van der Waals surface area contributed by atoms with Gasteiger partial charge in [-0.3, -0.25) is 9.78 Å². The lowest BCUT2D eigenvalue weighted by atomic mass is 10.1. The Morgan fingerprint density at radius 2 is 2.33 bits per heavy atom. The molecule has 6 nitrogen and oxygen atoms in total. The first kappa shape index (κ1) is 12.8. The number of nitrogen functional groups attached to an aromatic ring is 1. The Bertz CT molecular complexity index is 419. The maximum atomic E-state index is 12.0. The quantitative estimate of drug-likeness (QED) is 0.518. The monoisotopic (exact) mass is 249 g/mol. The van der Waals surface area contributed by atoms with Crippen LogP contribution in [0.15, 0.2) is 12.4 Å². The molecule has 1 aromatic heterocycles. The minimum atomic E-state index is -0.188. The molecule has 0 aromatic carbocycles. The summed E-state index contributed by atoms with van der Waals surface area (Å²) in [6.07, 6.45) is 7.49. The van der Waals surface area contributed by atoms with E-state index in [-0.39, 0.29) is 11.9 Å². The molecule has 1 aliphatic rings. The summed E-state index contributed by atoms with van der Waals surface area (Å²) in [6, 6.07) is 0.223. The fraction of sp³-hybridized carbons (Fsp3) is 0.583. The van der Waals surface area contributed by atoms with E-state index in [0.717, 1.165) is 18.8 Å². The van der Waals surface area contributed by atoms with Gasteiger partial charge in [-0.05, 0) is 18.8 Å². The Hall–Kier alpha value is -1.69. The number of amides is 1. The van der Waals surface area contributed by atoms with Crippen molar-refractivity contribution in [1.82, 2.24) is 15.3 Å². The molecular weight excluding hydrogens is 230 g/mol. The lowest BCUT2D eigenvalue weighted by molar-refractivity contribution is 0.0927. The number of carbonyl (C=O) groups is 1. The van der Waals surface area contributed by atoms with E-state index in [9.17, 15) is 4.79 Å². The summed E-state index contributed by atoms with van der Waals surface area (Å²) in [5.41, 5.74) is 2.67. The average Bonchev–Trinajstić information content (AvgIpc) is 3.21. The molecule has 2 rings (SSSR count). The van der Waals surface area contributed by atoms with Gasteiger partial charge in [-0.15, -0.1) is 0 Å². The van der Waals surface area contributed by atoms with Crippen LogP contribution in [0.1, 0.15) is 43.1 Å². The van der Waals surface area contributed by atoms with Crippen molar-refractivity contribution in [2.75, 3.05) is 5.43 Å². The third kappa shape index (κ3) is 3.40. The summed E-state index contributed by atoms with van der Waals surface area (Å²) >= 11 is 0. The molecular formula is C12H19N5O. The second-order valence-electron chi connectivity index (χ2n) is 4.69. The molecule has 1 atom stereocenters. The van der Waals surface area contributed by atoms with E-state index in [1.807, 2.05) is 0 Å². The first-order chi connectivity index (χ1) is 8.72. The van der Waals surface area contributed by atoms with Crippen molar-refractivity contribution in [3.8, 4) is 0 Å². The van der Waals surface area contributed by atoms with Gasteiger partial charge in [-0.1, -0.05) is 19.8 Å². The van der Waals surface area contributed by atoms with Crippen LogP contribution < -0.4 is 16.6 Å². The molecule has 1 unspecified atom stereocenters. The largest absolute Gasteiger partial charge is 0.348 e. The predicted molar refractivity (Wildman–Crippen MR) is 68.7 cm³/mol. The zero-order chi connectivity index (χ0) is 13.0. The van der Waals surface area contributed by atoms with E-state index in [0.29, 0.717) is 11.5 Å². The Labute approximate surface area is 106 Å². The SMILES string of the molecule is CCC(CC1CC1)NC(=O)c1cncc(NN)n1. The molecule has 1 saturated carbocycles. The van der Waals surface area contributed by atoms with E-state index >= 15 is 0 Å². The van der Waals surface area contributed by atoms with Crippen LogP contribution in [0.25, 0.3) is 0 Å². The van der Waals surface area contributed by atoms with Crippen molar-refractivity contribution in [1.29, 1.82) is 0 Å². The van der Waals surface area contributed by atoms with Crippen LogP contribution in [0.2, 0.25) is 0 Å². The van der Waals surface area contributed by atoms with Crippen LogP contribution in [0.5, 0.6) is 0 Å². The molecule has 0 aliphatic heterocycles. The van der Waals surface area contributed by atoms with Crippen molar-refractivity contribution in [2.45, 2.75) is 38.6 Å². The molecule has 6 heteroatoms. The minimum Gasteiger partial charge on any atom is -0.348 e. The predicted octanol–water partition coefficient (Wildman–Crippen LogP) is 1.07. The number of hydrogen-bond donors (Lipinski definition) is 3. The van der Waals surface area contributed by atoms with Gasteiger partial charge in [0, 0.05) is 6.04 Å². The third-order valence-corrected chi connectivity index (χ3v) is 3.16. The second-order valence-corrected chi connectivity index (χ2v) is 4.69. The highest BCUT2D eigenvalue weighted by Gasteiger charge is 2.25. The number of hydrogen-bond acceptors (Lipinski definition) is 5. The Morgan fingerprint density at radius 1 is 1.56 bits per heavy atom. The van der Waals surface area contributed by atoms with Gasteiger partial charge in [0.25, 0.3) is 5.91 Å². The molecule has 0 radical (unpaired) electrons. The van der Waals surface area contributed by atoms with E-state index < -0.39 is 0 Å². The number of hydrazine groups is 1. The normalized spacial score (nSPS) is 16.1. The van der Waals surface area contributed by atoms with Crippen molar-refractivity contribution in [3.63, 3.8) is 0 Å². The molecule has 1 aromatic rings. The molecule has 1 heterocycles. The van der Waals surface area contributed by atoms with Crippen LogP contribution in [0.4, 0.5) is 5.82 Å². The van der Waals surface area contributed by atoms with Crippen molar-refractivity contribution < 1.29 is 4.79 Å². The van der Waals surface area contributed by atoms with Gasteiger partial charge >= 0.3 is 0 Å². The second kappa shape index (κ2) is 5.77. The fourth-order valence-electron chi connectivity index (χ4n) is 1.89. The molecule has 98 valence electrons. The zero-order valence-electron chi connectivity index (χ0n) is 10.5. The number of aromatic nitrogens is 2. The standard InChI is InChI=1S/C12H19N5O/c1-2-9(5-8-3-4-8)15-12(18)10-6-14-7-11(16-10)17-13/h6-9H,2-5,13H2,1H3,(H,15,18)(H,16,17). The molecule has 1 fully saturated rings. The van der Waals surface area contributed by atoms with Gasteiger partial charge in [0.15, 0.2) is 5.82 Å². The number of nitrogens with one attached hydrogen (secondary N) is 2. The number of nitrogens with zero attached hydrogens (tertiary/aromatic N) is 2. The molecule has 0 bridgehead atoms. The van der Waals surface area contributed by atoms with Crippen LogP contribution in [-0.2, 0) is 0 Å². The molecule has 4 N–H and O–H groups in total. The zero-order valence-corrected chi connectivity index (χ0v) is 10.5. The maximum absolute atomic E-state index is 12.0. The van der Waals surface area contributed by atoms with Crippen LogP contribution in [0, 0.1) is 5.92 Å². The Balaban J connectivity index is 1.96. The van der Waals surface area contributed by atoms with E-state index in [1.54, 1.807) is 0 Å². The molecule has 0 saturated heterocycles. The summed E-state index contributed by atoms with van der Waals surface area (Å²) in [7, 11) is 0. The lowest BCUT2D eigenvalue weighted by Gasteiger charge is -2.16. The smallest absolute Gasteiger partial charge is 0.271 e. The van der Waals surface area contributed by atoms with Gasteiger partial charge in [-0.2, -0.15) is 0 Å². The number of anilines is 1. The highest BCUT2D eigenvalue weighted by molar-refractivity contribution is 5.92. The van der Waals surface area contributed by atoms with E-state index in [2.05, 4.69) is 27.6 Å². The number of carbonyl (C=O) groups excluding carboxylic acids is 1. The Morgan fingerprint density at radius 3 is 2.94 bits per heavy atom. The summed E-state index contributed by atoms with van der Waals surface area (Å²) in [5.74, 6) is 6.23. The topological polar surface area (TPSA) is 92.9 Å². The highest BCUT2D eigenvalue weighted by Crippen LogP contribution is 2.34. The fourth-order valence-corrected chi connectivity index (χ4v) is 1.89. The molecule has 18 heavy (non-hydrogen) atoms. The van der Waals surface area contributed by atoms with E-state index in [4.69, 9.17) is 5.84 Å². The van der Waals surface area contributed by atoms with Gasteiger partial charge in [0.2, 0.25) is 0 Å². The lowest BCUT2D eigenvalue weighted by Crippen LogP contribution is -2.35. The Kier molecular flexibility index (Phi) is 4.09. The summed E-state index contributed by atoms with van der Waals surface area (Å²) in [6.45, 7) is 2.08. The van der Waals surface area contributed by atoms with Gasteiger partial charge in [0.1, 0.15) is 5.69 Å². The number of nitrogens with two attached hydrogens (primary N) is 1. The highest BCUT2D eigenvalue weighted by atomic mass is 16.1. The molecule has 1 amide bonds. The van der Waals surface area contributed by atoms with Crippen molar-refractivity contribution in [2.24, 2.45) is 11.8 Å². The van der Waals surface area contributed by atoms with Gasteiger partial charge < -0.3 is 10.7 Å². The van der Waals surface area contributed by atoms with Crippen molar-refractivity contribution in [3.05, 3.63) is 18.1 Å². The van der Waals surface area contributed by atoms with Gasteiger partial charge in [-0.25, -0.2) is 10.8 Å². The summed E-state index contributed by atoms with van der Waals surface area (Å²) in [5, 5.41) is 3.00. The first-order valence-electron chi connectivity index (χ1n) is 6.32. The third-order valence-electron chi connectivity index (χ3n) is 3.16. The maximum Gasteiger partial charge on any atom is 0.271 e. The van der Waals surface area contributed by atoms with Crippen LogP contribution in [0.3, 0.4) is 0 Å². The van der Waals surface area contributed by atoms with Crippen LogP contribution >= 0.6 is 0 Å².